The highest BCUT2D eigenvalue weighted by molar-refractivity contribution is 7.89. The van der Waals surface area contributed by atoms with Gasteiger partial charge in [-0.3, -0.25) is 0 Å². The van der Waals surface area contributed by atoms with E-state index in [1.165, 1.54) is 13.2 Å². The summed E-state index contributed by atoms with van der Waals surface area (Å²) in [6, 6.07) is 4.60. The molecule has 6 heteroatoms. The van der Waals surface area contributed by atoms with Crippen molar-refractivity contribution in [3.05, 3.63) is 29.3 Å². The second-order valence-corrected chi connectivity index (χ2v) is 8.15. The van der Waals surface area contributed by atoms with Crippen LogP contribution in [0.4, 0.5) is 0 Å². The highest BCUT2D eigenvalue weighted by Gasteiger charge is 2.36. The molecule has 128 valence electrons. The molecule has 0 bridgehead atoms. The normalized spacial score (nSPS) is 16.3. The molecule has 1 aliphatic carbocycles. The Morgan fingerprint density at radius 2 is 1.87 bits per heavy atom. The van der Waals surface area contributed by atoms with Crippen LogP contribution in [-0.2, 0) is 14.8 Å². The Bertz CT molecular complexity index is 676. The zero-order chi connectivity index (χ0) is 17.2. The Balaban J connectivity index is 2.50. The summed E-state index contributed by atoms with van der Waals surface area (Å²) >= 11 is 0. The van der Waals surface area contributed by atoms with Gasteiger partial charge in [-0.15, -0.1) is 0 Å². The van der Waals surface area contributed by atoms with Crippen molar-refractivity contribution in [2.45, 2.75) is 63.4 Å². The highest BCUT2D eigenvalue weighted by atomic mass is 32.2. The number of hydrogen-bond donors (Lipinski definition) is 0. The Hall–Kier alpha value is -1.40. The summed E-state index contributed by atoms with van der Waals surface area (Å²) in [4.78, 5) is 11.9. The van der Waals surface area contributed by atoms with Gasteiger partial charge in [-0.05, 0) is 51.3 Å². The number of aryl methyl sites for hydroxylation is 1. The van der Waals surface area contributed by atoms with Gasteiger partial charge in [0.2, 0.25) is 10.0 Å². The number of nitrogens with zero attached hydrogens (tertiary/aromatic N) is 1. The lowest BCUT2D eigenvalue weighted by molar-refractivity contribution is 0.0600. The van der Waals surface area contributed by atoms with Gasteiger partial charge in [-0.1, -0.05) is 18.9 Å². The first-order valence-electron chi connectivity index (χ1n) is 8.01. The SMILES string of the molecule is COC(=O)c1ccc(C)c(S(=O)(=O)N(C(C)C)C2CCCC2)c1. The van der Waals surface area contributed by atoms with Crippen molar-refractivity contribution in [3.63, 3.8) is 0 Å². The van der Waals surface area contributed by atoms with Crippen LogP contribution in [0.25, 0.3) is 0 Å². The minimum Gasteiger partial charge on any atom is -0.465 e. The van der Waals surface area contributed by atoms with Crippen LogP contribution in [0, 0.1) is 6.92 Å². The number of hydrogen-bond acceptors (Lipinski definition) is 4. The zero-order valence-corrected chi connectivity index (χ0v) is 15.0. The van der Waals surface area contributed by atoms with Crippen LogP contribution in [0.2, 0.25) is 0 Å². The summed E-state index contributed by atoms with van der Waals surface area (Å²) in [6.45, 7) is 5.55. The molecule has 0 aromatic heterocycles. The molecule has 0 saturated heterocycles. The lowest BCUT2D eigenvalue weighted by Gasteiger charge is -2.32. The van der Waals surface area contributed by atoms with E-state index in [4.69, 9.17) is 4.74 Å². The summed E-state index contributed by atoms with van der Waals surface area (Å²) in [5, 5.41) is 0. The molecule has 1 fully saturated rings. The van der Waals surface area contributed by atoms with E-state index >= 15 is 0 Å². The molecule has 23 heavy (non-hydrogen) atoms. The Labute approximate surface area is 138 Å². The van der Waals surface area contributed by atoms with Crippen LogP contribution in [-0.4, -0.2) is 37.9 Å². The van der Waals surface area contributed by atoms with E-state index in [-0.39, 0.29) is 22.5 Å². The summed E-state index contributed by atoms with van der Waals surface area (Å²) in [6.07, 6.45) is 3.91. The smallest absolute Gasteiger partial charge is 0.337 e. The third kappa shape index (κ3) is 3.58. The molecular formula is C17H25NO4S. The van der Waals surface area contributed by atoms with Gasteiger partial charge in [0.05, 0.1) is 17.6 Å². The van der Waals surface area contributed by atoms with Crippen molar-refractivity contribution >= 4 is 16.0 Å². The van der Waals surface area contributed by atoms with E-state index in [1.807, 2.05) is 13.8 Å². The van der Waals surface area contributed by atoms with Crippen LogP contribution >= 0.6 is 0 Å². The lowest BCUT2D eigenvalue weighted by Crippen LogP contribution is -2.43. The molecule has 0 spiro atoms. The van der Waals surface area contributed by atoms with E-state index < -0.39 is 16.0 Å². The summed E-state index contributed by atoms with van der Waals surface area (Å²) in [5.74, 6) is -0.529. The molecule has 0 atom stereocenters. The minimum atomic E-state index is -3.65. The maximum Gasteiger partial charge on any atom is 0.337 e. The zero-order valence-electron chi connectivity index (χ0n) is 14.2. The fourth-order valence-corrected chi connectivity index (χ4v) is 5.43. The number of rotatable bonds is 5. The maximum atomic E-state index is 13.2. The van der Waals surface area contributed by atoms with E-state index in [0.717, 1.165) is 25.7 Å². The molecule has 0 radical (unpaired) electrons. The standard InChI is InChI=1S/C17H25NO4S/c1-12(2)18(15-7-5-6-8-15)23(20,21)16-11-14(17(19)22-4)10-9-13(16)3/h9-12,15H,5-8H2,1-4H3. The summed E-state index contributed by atoms with van der Waals surface area (Å²) < 4.78 is 32.8. The average molecular weight is 339 g/mol. The van der Waals surface area contributed by atoms with Gasteiger partial charge < -0.3 is 4.74 Å². The number of methoxy groups -OCH3 is 1. The molecule has 0 heterocycles. The monoisotopic (exact) mass is 339 g/mol. The van der Waals surface area contributed by atoms with Gasteiger partial charge in [0.15, 0.2) is 0 Å². The topological polar surface area (TPSA) is 63.7 Å². The second kappa shape index (κ2) is 7.01. The third-order valence-electron chi connectivity index (χ3n) is 4.36. The fourth-order valence-electron chi connectivity index (χ4n) is 3.29. The molecule has 1 aliphatic rings. The van der Waals surface area contributed by atoms with E-state index in [0.29, 0.717) is 5.56 Å². The van der Waals surface area contributed by atoms with Crippen molar-refractivity contribution in [1.29, 1.82) is 0 Å². The van der Waals surface area contributed by atoms with Crippen molar-refractivity contribution in [3.8, 4) is 0 Å². The Morgan fingerprint density at radius 3 is 2.39 bits per heavy atom. The maximum absolute atomic E-state index is 13.2. The average Bonchev–Trinajstić information content (AvgIpc) is 2.99. The first-order valence-corrected chi connectivity index (χ1v) is 9.45. The van der Waals surface area contributed by atoms with Crippen molar-refractivity contribution in [1.82, 2.24) is 4.31 Å². The number of esters is 1. The fraction of sp³-hybridized carbons (Fsp3) is 0.588. The van der Waals surface area contributed by atoms with E-state index in [9.17, 15) is 13.2 Å². The molecule has 5 nitrogen and oxygen atoms in total. The van der Waals surface area contributed by atoms with Crippen LogP contribution in [0.15, 0.2) is 23.1 Å². The first-order chi connectivity index (χ1) is 10.8. The van der Waals surface area contributed by atoms with Gasteiger partial charge in [0.25, 0.3) is 0 Å². The van der Waals surface area contributed by atoms with E-state index in [1.54, 1.807) is 23.4 Å². The van der Waals surface area contributed by atoms with Crippen LogP contribution in [0.5, 0.6) is 0 Å². The van der Waals surface area contributed by atoms with Crippen LogP contribution in [0.3, 0.4) is 0 Å². The number of sulfonamides is 1. The van der Waals surface area contributed by atoms with Gasteiger partial charge in [0, 0.05) is 12.1 Å². The molecule has 1 aromatic carbocycles. The van der Waals surface area contributed by atoms with Crippen LogP contribution in [0.1, 0.15) is 55.5 Å². The summed E-state index contributed by atoms with van der Waals surface area (Å²) in [5.41, 5.74) is 0.896. The third-order valence-corrected chi connectivity index (χ3v) is 6.63. The highest BCUT2D eigenvalue weighted by Crippen LogP contribution is 2.32. The van der Waals surface area contributed by atoms with E-state index in [2.05, 4.69) is 0 Å². The first kappa shape index (κ1) is 17.9. The van der Waals surface area contributed by atoms with Crippen molar-refractivity contribution in [2.24, 2.45) is 0 Å². The summed E-state index contributed by atoms with van der Waals surface area (Å²) in [7, 11) is -2.37. The predicted octanol–water partition coefficient (Wildman–Crippen LogP) is 3.12. The molecular weight excluding hydrogens is 314 g/mol. The second-order valence-electron chi connectivity index (χ2n) is 6.34. The molecule has 0 N–H and O–H groups in total. The number of benzene rings is 1. The molecule has 0 aliphatic heterocycles. The van der Waals surface area contributed by atoms with Gasteiger partial charge in [-0.25, -0.2) is 13.2 Å². The largest absolute Gasteiger partial charge is 0.465 e. The van der Waals surface area contributed by atoms with Gasteiger partial charge >= 0.3 is 5.97 Å². The number of carbonyl (C=O) groups excluding carboxylic acids is 1. The quantitative estimate of drug-likeness (QED) is 0.773. The number of carbonyl (C=O) groups is 1. The van der Waals surface area contributed by atoms with Crippen molar-refractivity contribution < 1.29 is 17.9 Å². The Kier molecular flexibility index (Phi) is 5.47. The van der Waals surface area contributed by atoms with Gasteiger partial charge in [0.1, 0.15) is 0 Å². The van der Waals surface area contributed by atoms with Crippen LogP contribution < -0.4 is 0 Å². The van der Waals surface area contributed by atoms with Crippen molar-refractivity contribution in [2.75, 3.05) is 7.11 Å². The minimum absolute atomic E-state index is 0.0428. The Morgan fingerprint density at radius 1 is 1.26 bits per heavy atom. The molecule has 1 aromatic rings. The lowest BCUT2D eigenvalue weighted by atomic mass is 10.1. The predicted molar refractivity (Wildman–Crippen MR) is 88.9 cm³/mol. The number of ether oxygens (including phenoxy) is 1. The molecule has 2 rings (SSSR count). The van der Waals surface area contributed by atoms with Gasteiger partial charge in [-0.2, -0.15) is 4.31 Å². The molecule has 0 unspecified atom stereocenters. The molecule has 0 amide bonds. The molecule has 1 saturated carbocycles.